The van der Waals surface area contributed by atoms with Gasteiger partial charge in [-0.1, -0.05) is 26.0 Å². The van der Waals surface area contributed by atoms with E-state index in [1.165, 1.54) is 7.11 Å². The molecule has 0 aromatic heterocycles. The normalized spacial score (nSPS) is 38.3. The van der Waals surface area contributed by atoms with Crippen LogP contribution in [0.5, 0.6) is 0 Å². The predicted molar refractivity (Wildman–Crippen MR) is 54.3 cm³/mol. The van der Waals surface area contributed by atoms with Gasteiger partial charge in [-0.25, -0.2) is 4.79 Å². The number of carbonyl (C=O) groups excluding carboxylic acids is 2. The van der Waals surface area contributed by atoms with E-state index in [0.29, 0.717) is 0 Å². The fourth-order valence-corrected chi connectivity index (χ4v) is 2.53. The van der Waals surface area contributed by atoms with Gasteiger partial charge in [0.05, 0.1) is 19.2 Å². The Morgan fingerprint density at radius 3 is 2.13 bits per heavy atom. The first-order valence-electron chi connectivity index (χ1n) is 5.16. The minimum Gasteiger partial charge on any atom is -0.453 e. The molecule has 1 amide bonds. The summed E-state index contributed by atoms with van der Waals surface area (Å²) >= 11 is 0. The quantitative estimate of drug-likeness (QED) is 0.563. The second kappa shape index (κ2) is 3.36. The van der Waals surface area contributed by atoms with Crippen LogP contribution in [-0.4, -0.2) is 36.0 Å². The van der Waals surface area contributed by atoms with Crippen LogP contribution in [-0.2, 0) is 9.53 Å². The number of amides is 1. The van der Waals surface area contributed by atoms with Crippen LogP contribution in [0, 0.1) is 11.8 Å². The molecule has 2 aliphatic heterocycles. The lowest BCUT2D eigenvalue weighted by Gasteiger charge is -2.40. The van der Waals surface area contributed by atoms with E-state index in [1.807, 2.05) is 26.0 Å². The first kappa shape index (κ1) is 10.2. The Hall–Kier alpha value is -1.32. The largest absolute Gasteiger partial charge is 0.453 e. The van der Waals surface area contributed by atoms with Gasteiger partial charge in [0.1, 0.15) is 5.78 Å². The van der Waals surface area contributed by atoms with E-state index in [-0.39, 0.29) is 35.8 Å². The van der Waals surface area contributed by atoms with Gasteiger partial charge in [0.25, 0.3) is 0 Å². The summed E-state index contributed by atoms with van der Waals surface area (Å²) in [6.45, 7) is 3.73. The van der Waals surface area contributed by atoms with E-state index < -0.39 is 0 Å². The molecule has 2 rings (SSSR count). The molecule has 0 aliphatic carbocycles. The molecule has 0 aromatic rings. The van der Waals surface area contributed by atoms with Crippen LogP contribution in [0.3, 0.4) is 0 Å². The zero-order chi connectivity index (χ0) is 11.2. The lowest BCUT2D eigenvalue weighted by Crippen LogP contribution is -2.55. The van der Waals surface area contributed by atoms with Crippen molar-refractivity contribution < 1.29 is 14.3 Å². The van der Waals surface area contributed by atoms with Gasteiger partial charge in [0.2, 0.25) is 0 Å². The summed E-state index contributed by atoms with van der Waals surface area (Å²) in [6, 6.07) is -0.239. The lowest BCUT2D eigenvalue weighted by molar-refractivity contribution is -0.132. The molecule has 1 fully saturated rings. The molecule has 1 saturated heterocycles. The van der Waals surface area contributed by atoms with E-state index in [0.717, 1.165) is 0 Å². The smallest absolute Gasteiger partial charge is 0.410 e. The van der Waals surface area contributed by atoms with Crippen molar-refractivity contribution in [3.05, 3.63) is 12.2 Å². The third kappa shape index (κ3) is 1.28. The number of piperidine rings is 1. The average molecular weight is 209 g/mol. The Labute approximate surface area is 88.9 Å². The van der Waals surface area contributed by atoms with Gasteiger partial charge < -0.3 is 4.74 Å². The molecule has 0 aromatic carbocycles. The number of hydrogen-bond acceptors (Lipinski definition) is 3. The van der Waals surface area contributed by atoms with Crippen molar-refractivity contribution in [1.82, 2.24) is 4.90 Å². The molecule has 2 bridgehead atoms. The van der Waals surface area contributed by atoms with E-state index >= 15 is 0 Å². The van der Waals surface area contributed by atoms with E-state index in [2.05, 4.69) is 0 Å². The number of methoxy groups -OCH3 is 1. The number of nitrogens with zero attached hydrogens (tertiary/aromatic N) is 1. The average Bonchev–Trinajstić information content (AvgIpc) is 2.64. The number of fused-ring (bicyclic) bond motifs is 2. The minimum absolute atomic E-state index is 0.119. The molecule has 15 heavy (non-hydrogen) atoms. The zero-order valence-electron chi connectivity index (χ0n) is 9.14. The highest BCUT2D eigenvalue weighted by Crippen LogP contribution is 2.35. The topological polar surface area (TPSA) is 46.6 Å². The van der Waals surface area contributed by atoms with Gasteiger partial charge in [-0.05, 0) is 0 Å². The van der Waals surface area contributed by atoms with Crippen molar-refractivity contribution in [2.75, 3.05) is 7.11 Å². The highest BCUT2D eigenvalue weighted by Gasteiger charge is 2.48. The van der Waals surface area contributed by atoms with E-state index in [1.54, 1.807) is 4.90 Å². The summed E-state index contributed by atoms with van der Waals surface area (Å²) in [7, 11) is 1.37. The van der Waals surface area contributed by atoms with Crippen molar-refractivity contribution >= 4 is 11.9 Å². The van der Waals surface area contributed by atoms with Crippen LogP contribution < -0.4 is 0 Å². The van der Waals surface area contributed by atoms with Crippen LogP contribution in [0.25, 0.3) is 0 Å². The van der Waals surface area contributed by atoms with Crippen molar-refractivity contribution in [3.63, 3.8) is 0 Å². The molecule has 0 N–H and O–H groups in total. The predicted octanol–water partition coefficient (Wildman–Crippen LogP) is 1.22. The van der Waals surface area contributed by atoms with Crippen LogP contribution in [0.1, 0.15) is 13.8 Å². The van der Waals surface area contributed by atoms with Crippen molar-refractivity contribution in [3.8, 4) is 0 Å². The first-order chi connectivity index (χ1) is 7.07. The van der Waals surface area contributed by atoms with Gasteiger partial charge in [-0.15, -0.1) is 0 Å². The van der Waals surface area contributed by atoms with Crippen LogP contribution >= 0.6 is 0 Å². The Morgan fingerprint density at radius 1 is 1.27 bits per heavy atom. The van der Waals surface area contributed by atoms with Gasteiger partial charge in [-0.3, -0.25) is 9.69 Å². The van der Waals surface area contributed by atoms with Crippen LogP contribution in [0.4, 0.5) is 4.79 Å². The Balaban J connectivity index is 2.32. The summed E-state index contributed by atoms with van der Waals surface area (Å²) in [5.74, 6) is -0.0293. The van der Waals surface area contributed by atoms with Gasteiger partial charge in [0.15, 0.2) is 0 Å². The second-order valence-corrected chi connectivity index (χ2v) is 4.22. The Bertz CT molecular complexity index is 315. The SMILES string of the molecule is COC(=O)N1C2C=CC1C(C)C(=O)C2C. The molecular weight excluding hydrogens is 194 g/mol. The third-order valence-corrected chi connectivity index (χ3v) is 3.46. The number of hydrogen-bond donors (Lipinski definition) is 0. The highest BCUT2D eigenvalue weighted by atomic mass is 16.5. The number of ketones is 1. The number of Topliss-reactive ketones (excluding diaryl/α,β-unsaturated/α-hetero) is 1. The maximum atomic E-state index is 11.8. The summed E-state index contributed by atoms with van der Waals surface area (Å²) in [5, 5.41) is 0. The van der Waals surface area contributed by atoms with Crippen LogP contribution in [0.2, 0.25) is 0 Å². The maximum absolute atomic E-state index is 11.8. The highest BCUT2D eigenvalue weighted by molar-refractivity contribution is 5.88. The summed E-state index contributed by atoms with van der Waals surface area (Å²) in [6.07, 6.45) is 3.53. The molecule has 4 heteroatoms. The van der Waals surface area contributed by atoms with Crippen LogP contribution in [0.15, 0.2) is 12.2 Å². The Morgan fingerprint density at radius 2 is 1.73 bits per heavy atom. The van der Waals surface area contributed by atoms with Gasteiger partial charge in [-0.2, -0.15) is 0 Å². The minimum atomic E-state index is -0.346. The molecule has 0 saturated carbocycles. The maximum Gasteiger partial charge on any atom is 0.410 e. The zero-order valence-corrected chi connectivity index (χ0v) is 9.14. The fourth-order valence-electron chi connectivity index (χ4n) is 2.53. The molecule has 4 atom stereocenters. The van der Waals surface area contributed by atoms with Gasteiger partial charge >= 0.3 is 6.09 Å². The molecule has 4 nitrogen and oxygen atoms in total. The van der Waals surface area contributed by atoms with Crippen molar-refractivity contribution in [1.29, 1.82) is 0 Å². The standard InChI is InChI=1S/C11H15NO3/c1-6-8-4-5-9(7(2)10(6)13)12(8)11(14)15-3/h4-9H,1-3H3. The number of rotatable bonds is 0. The molecule has 82 valence electrons. The lowest BCUT2D eigenvalue weighted by atomic mass is 9.83. The van der Waals surface area contributed by atoms with Crippen molar-refractivity contribution in [2.45, 2.75) is 25.9 Å². The van der Waals surface area contributed by atoms with E-state index in [9.17, 15) is 9.59 Å². The fraction of sp³-hybridized carbons (Fsp3) is 0.636. The molecule has 4 unspecified atom stereocenters. The van der Waals surface area contributed by atoms with E-state index in [4.69, 9.17) is 4.74 Å². The van der Waals surface area contributed by atoms with Crippen molar-refractivity contribution in [2.24, 2.45) is 11.8 Å². The molecule has 0 spiro atoms. The Kier molecular flexibility index (Phi) is 2.29. The first-order valence-corrected chi connectivity index (χ1v) is 5.16. The molecule has 2 heterocycles. The summed E-state index contributed by atoms with van der Waals surface area (Å²) in [5.41, 5.74) is 0. The van der Waals surface area contributed by atoms with Gasteiger partial charge in [0, 0.05) is 11.8 Å². The number of carbonyl (C=O) groups is 2. The third-order valence-electron chi connectivity index (χ3n) is 3.46. The molecule has 2 aliphatic rings. The monoisotopic (exact) mass is 209 g/mol. The second-order valence-electron chi connectivity index (χ2n) is 4.22. The molecular formula is C11H15NO3. The summed E-state index contributed by atoms with van der Waals surface area (Å²) in [4.78, 5) is 25.1. The summed E-state index contributed by atoms with van der Waals surface area (Å²) < 4.78 is 4.74. The molecule has 0 radical (unpaired) electrons. The number of ether oxygens (including phenoxy) is 1.